The molecule has 0 aliphatic carbocycles. The lowest BCUT2D eigenvalue weighted by atomic mass is 10.0. The Bertz CT molecular complexity index is 1240. The molecule has 0 fully saturated rings. The van der Waals surface area contributed by atoms with E-state index in [4.69, 9.17) is 24.3 Å². The van der Waals surface area contributed by atoms with Gasteiger partial charge in [0.1, 0.15) is 6.61 Å². The standard InChI is InChI=1S/C68H136NO8P/c1-3-5-7-9-11-13-15-17-19-21-23-25-27-28-29-30-31-32-33-34-35-36-37-39-41-43-45-47-49-51-53-55-57-59-61-68(71)77-66(65-76-78(72,73)75-63-62-69)64-74-67(70)60-58-56-54-52-50-48-46-44-42-40-38-26-24-22-20-18-16-14-12-10-8-6-4-2/h66H,3-65,69H2,1-2H3,(H,72,73). The summed E-state index contributed by atoms with van der Waals surface area (Å²) < 4.78 is 33.2. The minimum atomic E-state index is -4.38. The fourth-order valence-electron chi connectivity index (χ4n) is 11.1. The molecule has 466 valence electrons. The first-order valence-electron chi connectivity index (χ1n) is 35.0. The van der Waals surface area contributed by atoms with Gasteiger partial charge in [0, 0.05) is 19.4 Å². The molecule has 0 bridgehead atoms. The fourth-order valence-corrected chi connectivity index (χ4v) is 11.8. The third kappa shape index (κ3) is 64.2. The number of rotatable bonds is 68. The second-order valence-electron chi connectivity index (χ2n) is 24.1. The predicted octanol–water partition coefficient (Wildman–Crippen LogP) is 22.6. The van der Waals surface area contributed by atoms with Crippen LogP contribution >= 0.6 is 7.82 Å². The summed E-state index contributed by atoms with van der Waals surface area (Å²) >= 11 is 0. The van der Waals surface area contributed by atoms with E-state index in [0.29, 0.717) is 12.8 Å². The Morgan fingerprint density at radius 2 is 0.551 bits per heavy atom. The largest absolute Gasteiger partial charge is 0.472 e. The lowest BCUT2D eigenvalue weighted by molar-refractivity contribution is -0.161. The molecule has 3 N–H and O–H groups in total. The van der Waals surface area contributed by atoms with Crippen molar-refractivity contribution in [2.24, 2.45) is 5.73 Å². The molecule has 0 radical (unpaired) electrons. The van der Waals surface area contributed by atoms with Gasteiger partial charge in [0.25, 0.3) is 0 Å². The monoisotopic (exact) mass is 1130 g/mol. The molecule has 0 saturated heterocycles. The van der Waals surface area contributed by atoms with E-state index in [9.17, 15) is 19.0 Å². The number of ether oxygens (including phenoxy) is 2. The summed E-state index contributed by atoms with van der Waals surface area (Å²) in [6.45, 7) is 3.84. The number of carbonyl (C=O) groups excluding carboxylic acids is 2. The quantitative estimate of drug-likeness (QED) is 0.0347. The highest BCUT2D eigenvalue weighted by molar-refractivity contribution is 7.47. The van der Waals surface area contributed by atoms with Crippen molar-refractivity contribution in [2.75, 3.05) is 26.4 Å². The van der Waals surface area contributed by atoms with Crippen molar-refractivity contribution < 1.29 is 37.6 Å². The second kappa shape index (κ2) is 65.2. The number of unbranched alkanes of at least 4 members (excludes halogenated alkanes) is 55. The van der Waals surface area contributed by atoms with Crippen LogP contribution in [0.5, 0.6) is 0 Å². The van der Waals surface area contributed by atoms with Crippen molar-refractivity contribution in [1.29, 1.82) is 0 Å². The topological polar surface area (TPSA) is 134 Å². The van der Waals surface area contributed by atoms with Crippen molar-refractivity contribution in [3.05, 3.63) is 0 Å². The molecule has 0 rings (SSSR count). The highest BCUT2D eigenvalue weighted by Crippen LogP contribution is 2.43. The van der Waals surface area contributed by atoms with E-state index in [0.717, 1.165) is 32.1 Å². The fraction of sp³-hybridized carbons (Fsp3) is 0.971. The average Bonchev–Trinajstić information content (AvgIpc) is 3.43. The SMILES string of the molecule is CCCCCCCCCCCCCCCCCCCCCCCCCCCCCCCCCCCCC(=O)OC(COC(=O)CCCCCCCCCCCCCCCCCCCCCCCCC)COP(=O)(O)OCCN. The number of hydrogen-bond acceptors (Lipinski definition) is 8. The van der Waals surface area contributed by atoms with E-state index in [-0.39, 0.29) is 32.1 Å². The van der Waals surface area contributed by atoms with E-state index in [1.54, 1.807) is 0 Å². The zero-order chi connectivity index (χ0) is 56.6. The molecule has 2 unspecified atom stereocenters. The van der Waals surface area contributed by atoms with Crippen LogP contribution in [-0.4, -0.2) is 49.3 Å². The van der Waals surface area contributed by atoms with E-state index < -0.39 is 26.5 Å². The minimum Gasteiger partial charge on any atom is -0.462 e. The van der Waals surface area contributed by atoms with Gasteiger partial charge in [0.15, 0.2) is 6.10 Å². The summed E-state index contributed by atoms with van der Waals surface area (Å²) in [5.74, 6) is -0.798. The molecule has 0 saturated carbocycles. The van der Waals surface area contributed by atoms with Crippen molar-refractivity contribution in [3.8, 4) is 0 Å². The van der Waals surface area contributed by atoms with Crippen LogP contribution in [0.25, 0.3) is 0 Å². The van der Waals surface area contributed by atoms with Crippen molar-refractivity contribution in [3.63, 3.8) is 0 Å². The zero-order valence-electron chi connectivity index (χ0n) is 52.5. The van der Waals surface area contributed by atoms with Gasteiger partial charge in [-0.2, -0.15) is 0 Å². The summed E-state index contributed by atoms with van der Waals surface area (Å²) in [7, 11) is -4.38. The first-order chi connectivity index (χ1) is 38.3. The Balaban J connectivity index is 3.77. The van der Waals surface area contributed by atoms with Crippen molar-refractivity contribution in [2.45, 2.75) is 399 Å². The van der Waals surface area contributed by atoms with Crippen LogP contribution in [-0.2, 0) is 32.7 Å². The lowest BCUT2D eigenvalue weighted by Gasteiger charge is -2.19. The number of carbonyl (C=O) groups is 2. The van der Waals surface area contributed by atoms with Crippen LogP contribution in [0.15, 0.2) is 0 Å². The van der Waals surface area contributed by atoms with Crippen molar-refractivity contribution >= 4 is 19.8 Å². The van der Waals surface area contributed by atoms with Crippen LogP contribution in [0, 0.1) is 0 Å². The van der Waals surface area contributed by atoms with Crippen LogP contribution < -0.4 is 5.73 Å². The minimum absolute atomic E-state index is 0.0588. The van der Waals surface area contributed by atoms with Gasteiger partial charge in [-0.25, -0.2) is 4.57 Å². The molecule has 0 aromatic heterocycles. The smallest absolute Gasteiger partial charge is 0.462 e. The molecule has 0 aromatic rings. The number of phosphoric acid groups is 1. The Hall–Kier alpha value is -0.990. The third-order valence-corrected chi connectivity index (χ3v) is 17.2. The maximum absolute atomic E-state index is 12.8. The van der Waals surface area contributed by atoms with Gasteiger partial charge in [0.2, 0.25) is 0 Å². The number of nitrogens with two attached hydrogens (primary N) is 1. The predicted molar refractivity (Wildman–Crippen MR) is 335 cm³/mol. The highest BCUT2D eigenvalue weighted by atomic mass is 31.2. The number of hydrogen-bond donors (Lipinski definition) is 2. The lowest BCUT2D eigenvalue weighted by Crippen LogP contribution is -2.29. The molecule has 78 heavy (non-hydrogen) atoms. The van der Waals surface area contributed by atoms with Crippen LogP contribution in [0.3, 0.4) is 0 Å². The van der Waals surface area contributed by atoms with Crippen LogP contribution in [0.2, 0.25) is 0 Å². The normalized spacial score (nSPS) is 12.8. The van der Waals surface area contributed by atoms with Gasteiger partial charge in [-0.1, -0.05) is 367 Å². The molecule has 0 heterocycles. The average molecular weight is 1130 g/mol. The van der Waals surface area contributed by atoms with E-state index in [2.05, 4.69) is 13.8 Å². The van der Waals surface area contributed by atoms with Crippen molar-refractivity contribution in [1.82, 2.24) is 0 Å². The Kier molecular flexibility index (Phi) is 64.3. The molecule has 0 spiro atoms. The van der Waals surface area contributed by atoms with E-state index in [1.165, 1.54) is 327 Å². The number of esters is 2. The molecule has 0 aliphatic rings. The summed E-state index contributed by atoms with van der Waals surface area (Å²) in [6, 6.07) is 0. The van der Waals surface area contributed by atoms with Gasteiger partial charge in [-0.05, 0) is 12.8 Å². The maximum atomic E-state index is 12.8. The van der Waals surface area contributed by atoms with Gasteiger partial charge < -0.3 is 20.1 Å². The van der Waals surface area contributed by atoms with E-state index >= 15 is 0 Å². The van der Waals surface area contributed by atoms with E-state index in [1.807, 2.05) is 0 Å². The second-order valence-corrected chi connectivity index (χ2v) is 25.6. The molecule has 0 aromatic carbocycles. The van der Waals surface area contributed by atoms with Crippen LogP contribution in [0.1, 0.15) is 393 Å². The molecule has 9 nitrogen and oxygen atoms in total. The molecule has 10 heteroatoms. The summed E-state index contributed by atoms with van der Waals surface area (Å²) in [5.41, 5.74) is 5.40. The maximum Gasteiger partial charge on any atom is 0.472 e. The summed E-state index contributed by atoms with van der Waals surface area (Å²) in [4.78, 5) is 35.3. The summed E-state index contributed by atoms with van der Waals surface area (Å²) in [6.07, 6.45) is 76.4. The highest BCUT2D eigenvalue weighted by Gasteiger charge is 2.26. The molecular formula is C68H136NO8P. The Morgan fingerprint density at radius 3 is 0.782 bits per heavy atom. The van der Waals surface area contributed by atoms with Gasteiger partial charge >= 0.3 is 19.8 Å². The molecule has 0 aliphatic heterocycles. The van der Waals surface area contributed by atoms with Gasteiger partial charge in [-0.3, -0.25) is 18.6 Å². The zero-order valence-corrected chi connectivity index (χ0v) is 53.3. The van der Waals surface area contributed by atoms with Crippen LogP contribution in [0.4, 0.5) is 0 Å². The third-order valence-electron chi connectivity index (χ3n) is 16.2. The first kappa shape index (κ1) is 77.0. The van der Waals surface area contributed by atoms with Gasteiger partial charge in [-0.15, -0.1) is 0 Å². The Morgan fingerprint density at radius 1 is 0.333 bits per heavy atom. The molecule has 0 amide bonds. The van der Waals surface area contributed by atoms with Gasteiger partial charge in [0.05, 0.1) is 13.2 Å². The summed E-state index contributed by atoms with van der Waals surface area (Å²) in [5, 5.41) is 0. The molecular weight excluding hydrogens is 990 g/mol. The Labute approximate surface area is 486 Å². The first-order valence-corrected chi connectivity index (χ1v) is 36.5. The number of phosphoric ester groups is 1. The molecule has 2 atom stereocenters.